The van der Waals surface area contributed by atoms with E-state index in [4.69, 9.17) is 11.6 Å². The third-order valence-electron chi connectivity index (χ3n) is 1.76. The van der Waals surface area contributed by atoms with E-state index >= 15 is 0 Å². The van der Waals surface area contributed by atoms with Gasteiger partial charge in [-0.3, -0.25) is 4.79 Å². The summed E-state index contributed by atoms with van der Waals surface area (Å²) in [7, 11) is 0. The largest absolute Gasteiger partial charge is 0.449 e. The van der Waals surface area contributed by atoms with E-state index < -0.39 is 29.3 Å². The standard InChI is InChI=1S/C6H3ClF3N3OS/c7-5-12-2-1(15-5)3(14)13-4(11-2)6(8,9)10/h1-2H,(H,11,13,14). The van der Waals surface area contributed by atoms with Gasteiger partial charge in [0.1, 0.15) is 5.25 Å². The van der Waals surface area contributed by atoms with Crippen LogP contribution in [0.3, 0.4) is 0 Å². The maximum absolute atomic E-state index is 12.2. The van der Waals surface area contributed by atoms with Crippen LogP contribution in [0.4, 0.5) is 13.2 Å². The van der Waals surface area contributed by atoms with E-state index in [2.05, 4.69) is 9.98 Å². The predicted octanol–water partition coefficient (Wildman–Crippen LogP) is 1.11. The Morgan fingerprint density at radius 1 is 1.40 bits per heavy atom. The molecule has 2 rings (SSSR count). The van der Waals surface area contributed by atoms with Gasteiger partial charge in [-0.25, -0.2) is 9.98 Å². The van der Waals surface area contributed by atoms with Gasteiger partial charge in [-0.05, 0) is 0 Å². The molecule has 2 aliphatic rings. The minimum Gasteiger partial charge on any atom is -0.306 e. The monoisotopic (exact) mass is 257 g/mol. The Morgan fingerprint density at radius 3 is 2.67 bits per heavy atom. The number of alkyl halides is 3. The van der Waals surface area contributed by atoms with Gasteiger partial charge in [-0.1, -0.05) is 23.4 Å². The fourth-order valence-corrected chi connectivity index (χ4v) is 2.33. The van der Waals surface area contributed by atoms with E-state index in [1.807, 2.05) is 0 Å². The maximum atomic E-state index is 12.2. The first-order valence-electron chi connectivity index (χ1n) is 3.74. The fraction of sp³-hybridized carbons (Fsp3) is 0.500. The number of fused-ring (bicyclic) bond motifs is 1. The molecule has 0 aromatic heterocycles. The highest BCUT2D eigenvalue weighted by Gasteiger charge is 2.46. The molecule has 4 nitrogen and oxygen atoms in total. The van der Waals surface area contributed by atoms with E-state index in [0.29, 0.717) is 0 Å². The molecule has 82 valence electrons. The quantitative estimate of drug-likeness (QED) is 0.707. The lowest BCUT2D eigenvalue weighted by Gasteiger charge is -2.22. The Balaban J connectivity index is 2.31. The highest BCUT2D eigenvalue weighted by Crippen LogP contribution is 2.33. The number of hydrogen-bond donors (Lipinski definition) is 1. The first-order chi connectivity index (χ1) is 6.88. The zero-order valence-electron chi connectivity index (χ0n) is 6.88. The average Bonchev–Trinajstić information content (AvgIpc) is 2.44. The minimum absolute atomic E-state index is 0.0484. The molecule has 2 heterocycles. The second-order valence-electron chi connectivity index (χ2n) is 2.80. The molecule has 0 saturated carbocycles. The van der Waals surface area contributed by atoms with Crippen molar-refractivity contribution in [1.82, 2.24) is 5.32 Å². The van der Waals surface area contributed by atoms with Crippen molar-refractivity contribution in [1.29, 1.82) is 0 Å². The van der Waals surface area contributed by atoms with Gasteiger partial charge in [0, 0.05) is 0 Å². The Labute approximate surface area is 91.0 Å². The molecule has 2 aliphatic heterocycles. The number of nitrogens with one attached hydrogen (secondary N) is 1. The summed E-state index contributed by atoms with van der Waals surface area (Å²) in [6, 6.07) is 0. The van der Waals surface area contributed by atoms with Crippen molar-refractivity contribution in [3.05, 3.63) is 0 Å². The summed E-state index contributed by atoms with van der Waals surface area (Å²) in [5.41, 5.74) is 0. The van der Waals surface area contributed by atoms with Crippen molar-refractivity contribution in [2.75, 3.05) is 0 Å². The molecule has 0 aromatic rings. The zero-order valence-corrected chi connectivity index (χ0v) is 8.45. The van der Waals surface area contributed by atoms with Crippen molar-refractivity contribution in [2.24, 2.45) is 9.98 Å². The maximum Gasteiger partial charge on any atom is 0.449 e. The molecule has 9 heteroatoms. The summed E-state index contributed by atoms with van der Waals surface area (Å²) in [5, 5.41) is 0.893. The van der Waals surface area contributed by atoms with Crippen LogP contribution in [0.15, 0.2) is 9.98 Å². The summed E-state index contributed by atoms with van der Waals surface area (Å²) >= 11 is 6.40. The number of amidine groups is 1. The Kier molecular flexibility index (Phi) is 2.42. The summed E-state index contributed by atoms with van der Waals surface area (Å²) in [6.45, 7) is 0. The lowest BCUT2D eigenvalue weighted by molar-refractivity contribution is -0.121. The summed E-state index contributed by atoms with van der Waals surface area (Å²) in [6.07, 6.45) is -5.73. The molecule has 0 saturated heterocycles. The fourth-order valence-electron chi connectivity index (χ4n) is 1.15. The molecule has 0 fully saturated rings. The van der Waals surface area contributed by atoms with Crippen LogP contribution in [-0.2, 0) is 4.79 Å². The highest BCUT2D eigenvalue weighted by atomic mass is 35.5. The van der Waals surface area contributed by atoms with Gasteiger partial charge in [0.2, 0.25) is 11.7 Å². The first-order valence-corrected chi connectivity index (χ1v) is 4.99. The molecule has 0 bridgehead atoms. The predicted molar refractivity (Wildman–Crippen MR) is 50.1 cm³/mol. The molecular formula is C6H3ClF3N3OS. The van der Waals surface area contributed by atoms with Gasteiger partial charge in [-0.2, -0.15) is 13.2 Å². The van der Waals surface area contributed by atoms with Crippen molar-refractivity contribution in [2.45, 2.75) is 17.6 Å². The number of nitrogens with zero attached hydrogens (tertiary/aromatic N) is 2. The van der Waals surface area contributed by atoms with Gasteiger partial charge < -0.3 is 5.32 Å². The number of thioether (sulfide) groups is 1. The number of hydrogen-bond acceptors (Lipinski definition) is 4. The second kappa shape index (κ2) is 3.38. The van der Waals surface area contributed by atoms with Crippen molar-refractivity contribution in [3.8, 4) is 0 Å². The first kappa shape index (κ1) is 10.7. The van der Waals surface area contributed by atoms with Crippen LogP contribution < -0.4 is 5.32 Å². The summed E-state index contributed by atoms with van der Waals surface area (Å²) < 4.78 is 36.8. The van der Waals surface area contributed by atoms with Gasteiger partial charge >= 0.3 is 6.18 Å². The third-order valence-corrected chi connectivity index (χ3v) is 3.13. The number of carbonyl (C=O) groups is 1. The normalized spacial score (nSPS) is 30.5. The van der Waals surface area contributed by atoms with E-state index in [9.17, 15) is 18.0 Å². The van der Waals surface area contributed by atoms with E-state index in [1.54, 1.807) is 5.32 Å². The van der Waals surface area contributed by atoms with Crippen LogP contribution in [0.5, 0.6) is 0 Å². The van der Waals surface area contributed by atoms with Crippen LogP contribution in [0.2, 0.25) is 0 Å². The summed E-state index contributed by atoms with van der Waals surface area (Å²) in [5.74, 6) is -2.09. The molecule has 0 spiro atoms. The van der Waals surface area contributed by atoms with Gasteiger partial charge in [0.25, 0.3) is 0 Å². The number of halogens is 4. The van der Waals surface area contributed by atoms with Gasteiger partial charge in [-0.15, -0.1) is 0 Å². The molecule has 0 aromatic carbocycles. The van der Waals surface area contributed by atoms with Gasteiger partial charge in [0.05, 0.1) is 0 Å². The number of amides is 1. The highest BCUT2D eigenvalue weighted by molar-refractivity contribution is 8.18. The topological polar surface area (TPSA) is 53.8 Å². The molecule has 1 amide bonds. The van der Waals surface area contributed by atoms with Crippen LogP contribution in [-0.4, -0.2) is 33.8 Å². The lowest BCUT2D eigenvalue weighted by atomic mass is 10.2. The zero-order chi connectivity index (χ0) is 11.2. The molecule has 0 radical (unpaired) electrons. The van der Waals surface area contributed by atoms with Crippen molar-refractivity contribution in [3.63, 3.8) is 0 Å². The van der Waals surface area contributed by atoms with E-state index in [0.717, 1.165) is 11.8 Å². The van der Waals surface area contributed by atoms with E-state index in [-0.39, 0.29) is 4.50 Å². The molecule has 1 N–H and O–H groups in total. The van der Waals surface area contributed by atoms with Crippen LogP contribution in [0.1, 0.15) is 0 Å². The Morgan fingerprint density at radius 2 is 2.07 bits per heavy atom. The van der Waals surface area contributed by atoms with Crippen LogP contribution in [0, 0.1) is 0 Å². The SMILES string of the molecule is O=C1NC(C(F)(F)F)=NC2N=C(Cl)SC12. The second-order valence-corrected chi connectivity index (χ2v) is 4.51. The number of carbonyl (C=O) groups excluding carboxylic acids is 1. The van der Waals surface area contributed by atoms with Crippen LogP contribution >= 0.6 is 23.4 Å². The van der Waals surface area contributed by atoms with Gasteiger partial charge in [0.15, 0.2) is 10.7 Å². The molecule has 2 unspecified atom stereocenters. The Hall–Kier alpha value is -0.760. The average molecular weight is 258 g/mol. The Bertz CT molecular complexity index is 380. The summed E-state index contributed by atoms with van der Waals surface area (Å²) in [4.78, 5) is 18.1. The molecule has 2 atom stereocenters. The van der Waals surface area contributed by atoms with E-state index in [1.165, 1.54) is 0 Å². The third kappa shape index (κ3) is 1.96. The lowest BCUT2D eigenvalue weighted by Crippen LogP contribution is -2.51. The molecular weight excluding hydrogens is 255 g/mol. The smallest absolute Gasteiger partial charge is 0.306 e. The molecule has 0 aliphatic carbocycles. The number of rotatable bonds is 0. The molecule has 15 heavy (non-hydrogen) atoms. The van der Waals surface area contributed by atoms with Crippen molar-refractivity contribution >= 4 is 39.6 Å². The minimum atomic E-state index is -4.67. The van der Waals surface area contributed by atoms with Crippen molar-refractivity contribution < 1.29 is 18.0 Å². The number of aliphatic imine (C=N–C) groups is 2. The van der Waals surface area contributed by atoms with Crippen LogP contribution in [0.25, 0.3) is 0 Å².